The van der Waals surface area contributed by atoms with Crippen LogP contribution in [0.3, 0.4) is 0 Å². The molecule has 2 N–H and O–H groups in total. The Kier molecular flexibility index (Phi) is 4.38. The first kappa shape index (κ1) is 13.1. The fraction of sp³-hybridized carbons (Fsp3) is 0.167. The first-order valence-corrected chi connectivity index (χ1v) is 6.65. The first-order valence-electron chi connectivity index (χ1n) is 5.48. The van der Waals surface area contributed by atoms with E-state index in [0.29, 0.717) is 10.8 Å². The zero-order valence-corrected chi connectivity index (χ0v) is 12.1. The normalized spacial score (nSPS) is 10.2. The smallest absolute Gasteiger partial charge is 0.150 e. The van der Waals surface area contributed by atoms with Gasteiger partial charge in [0.1, 0.15) is 22.4 Å². The van der Waals surface area contributed by atoms with E-state index in [1.54, 1.807) is 0 Å². The molecule has 0 atom stereocenters. The molecule has 0 aliphatic carbocycles. The van der Waals surface area contributed by atoms with Crippen molar-refractivity contribution in [2.75, 3.05) is 17.2 Å². The van der Waals surface area contributed by atoms with Crippen molar-refractivity contribution in [2.45, 2.75) is 6.92 Å². The molecule has 0 bridgehead atoms. The number of rotatable bonds is 4. The highest BCUT2D eigenvalue weighted by molar-refractivity contribution is 9.10. The van der Waals surface area contributed by atoms with Crippen LogP contribution in [0.2, 0.25) is 5.02 Å². The third-order valence-corrected chi connectivity index (χ3v) is 3.34. The van der Waals surface area contributed by atoms with Crippen molar-refractivity contribution in [2.24, 2.45) is 0 Å². The van der Waals surface area contributed by atoms with Crippen molar-refractivity contribution in [3.63, 3.8) is 0 Å². The van der Waals surface area contributed by atoms with Crippen molar-refractivity contribution in [3.8, 4) is 0 Å². The lowest BCUT2D eigenvalue weighted by Crippen LogP contribution is -2.03. The Morgan fingerprint density at radius 2 is 1.94 bits per heavy atom. The summed E-state index contributed by atoms with van der Waals surface area (Å²) in [7, 11) is 0. The maximum atomic E-state index is 6.09. The summed E-state index contributed by atoms with van der Waals surface area (Å²) >= 11 is 9.56. The molecular formula is C12H12BrClN4. The molecule has 0 saturated heterocycles. The summed E-state index contributed by atoms with van der Waals surface area (Å²) in [6.07, 6.45) is 1.50. The Hall–Kier alpha value is -1.33. The van der Waals surface area contributed by atoms with Gasteiger partial charge in [0.25, 0.3) is 0 Å². The Morgan fingerprint density at radius 1 is 1.22 bits per heavy atom. The van der Waals surface area contributed by atoms with Crippen LogP contribution < -0.4 is 10.6 Å². The monoisotopic (exact) mass is 326 g/mol. The second kappa shape index (κ2) is 6.02. The molecule has 1 aromatic heterocycles. The lowest BCUT2D eigenvalue weighted by Gasteiger charge is -2.11. The Labute approximate surface area is 119 Å². The molecule has 0 aliphatic rings. The van der Waals surface area contributed by atoms with Gasteiger partial charge in [-0.15, -0.1) is 0 Å². The van der Waals surface area contributed by atoms with Crippen LogP contribution in [0.15, 0.2) is 35.1 Å². The largest absolute Gasteiger partial charge is 0.369 e. The van der Waals surface area contributed by atoms with Crippen LogP contribution in [0.5, 0.6) is 0 Å². The zero-order chi connectivity index (χ0) is 13.0. The first-order chi connectivity index (χ1) is 8.72. The van der Waals surface area contributed by atoms with Gasteiger partial charge in [-0.3, -0.25) is 0 Å². The van der Waals surface area contributed by atoms with Gasteiger partial charge >= 0.3 is 0 Å². The van der Waals surface area contributed by atoms with Crippen LogP contribution >= 0.6 is 27.5 Å². The number of para-hydroxylation sites is 1. The van der Waals surface area contributed by atoms with Crippen molar-refractivity contribution in [1.82, 2.24) is 9.97 Å². The number of anilines is 3. The lowest BCUT2D eigenvalue weighted by molar-refractivity contribution is 1.10. The van der Waals surface area contributed by atoms with E-state index >= 15 is 0 Å². The average molecular weight is 328 g/mol. The van der Waals surface area contributed by atoms with E-state index in [1.807, 2.05) is 31.2 Å². The molecule has 0 amide bonds. The number of hydrogen-bond acceptors (Lipinski definition) is 4. The predicted molar refractivity (Wildman–Crippen MR) is 78.6 cm³/mol. The standard InChI is InChI=1S/C12H12BrClN4/c1-2-15-11-10(13)12(17-7-16-11)18-9-6-4-3-5-8(9)14/h3-7H,2H2,1H3,(H2,15,16,17,18). The van der Waals surface area contributed by atoms with Gasteiger partial charge in [0.15, 0.2) is 0 Å². The van der Waals surface area contributed by atoms with E-state index in [-0.39, 0.29) is 0 Å². The molecule has 18 heavy (non-hydrogen) atoms. The molecule has 0 aliphatic heterocycles. The SMILES string of the molecule is CCNc1ncnc(Nc2ccccc2Cl)c1Br. The van der Waals surface area contributed by atoms with E-state index in [0.717, 1.165) is 22.5 Å². The van der Waals surface area contributed by atoms with E-state index < -0.39 is 0 Å². The van der Waals surface area contributed by atoms with E-state index in [9.17, 15) is 0 Å². The van der Waals surface area contributed by atoms with Gasteiger partial charge in [-0.05, 0) is 35.0 Å². The molecule has 2 rings (SSSR count). The fourth-order valence-corrected chi connectivity index (χ4v) is 2.06. The van der Waals surface area contributed by atoms with Crippen molar-refractivity contribution < 1.29 is 0 Å². The van der Waals surface area contributed by atoms with Gasteiger partial charge < -0.3 is 10.6 Å². The molecule has 1 heterocycles. The van der Waals surface area contributed by atoms with Gasteiger partial charge in [-0.25, -0.2) is 9.97 Å². The number of benzene rings is 1. The molecule has 1 aromatic carbocycles. The van der Waals surface area contributed by atoms with Crippen molar-refractivity contribution in [3.05, 3.63) is 40.1 Å². The van der Waals surface area contributed by atoms with E-state index in [1.165, 1.54) is 6.33 Å². The quantitative estimate of drug-likeness (QED) is 0.889. The zero-order valence-electron chi connectivity index (χ0n) is 9.74. The molecule has 2 aromatic rings. The molecular weight excluding hydrogens is 316 g/mol. The third kappa shape index (κ3) is 2.91. The Morgan fingerprint density at radius 3 is 2.67 bits per heavy atom. The summed E-state index contributed by atoms with van der Waals surface area (Å²) in [6, 6.07) is 7.51. The number of nitrogens with zero attached hydrogens (tertiary/aromatic N) is 2. The summed E-state index contributed by atoms with van der Waals surface area (Å²) in [5, 5.41) is 6.96. The van der Waals surface area contributed by atoms with Crippen molar-refractivity contribution in [1.29, 1.82) is 0 Å². The van der Waals surface area contributed by atoms with Gasteiger partial charge in [0, 0.05) is 6.54 Å². The summed E-state index contributed by atoms with van der Waals surface area (Å²) < 4.78 is 0.784. The van der Waals surface area contributed by atoms with Crippen LogP contribution in [0.4, 0.5) is 17.3 Å². The third-order valence-electron chi connectivity index (χ3n) is 2.26. The molecule has 0 saturated carbocycles. The number of hydrogen-bond donors (Lipinski definition) is 2. The highest BCUT2D eigenvalue weighted by atomic mass is 79.9. The average Bonchev–Trinajstić information content (AvgIpc) is 2.37. The maximum Gasteiger partial charge on any atom is 0.150 e. The minimum atomic E-state index is 0.646. The molecule has 0 radical (unpaired) electrons. The van der Waals surface area contributed by atoms with E-state index in [2.05, 4.69) is 36.5 Å². The molecule has 0 spiro atoms. The van der Waals surface area contributed by atoms with Crippen molar-refractivity contribution >= 4 is 44.9 Å². The van der Waals surface area contributed by atoms with Crippen LogP contribution in [-0.4, -0.2) is 16.5 Å². The molecule has 94 valence electrons. The molecule has 6 heteroatoms. The van der Waals surface area contributed by atoms with Crippen LogP contribution in [-0.2, 0) is 0 Å². The van der Waals surface area contributed by atoms with Gasteiger partial charge in [0.2, 0.25) is 0 Å². The van der Waals surface area contributed by atoms with Gasteiger partial charge in [-0.2, -0.15) is 0 Å². The van der Waals surface area contributed by atoms with Gasteiger partial charge in [0.05, 0.1) is 10.7 Å². The summed E-state index contributed by atoms with van der Waals surface area (Å²) in [4.78, 5) is 8.34. The second-order valence-corrected chi connectivity index (χ2v) is 4.72. The van der Waals surface area contributed by atoms with Crippen LogP contribution in [0.1, 0.15) is 6.92 Å². The maximum absolute atomic E-state index is 6.09. The minimum absolute atomic E-state index is 0.646. The Balaban J connectivity index is 2.30. The second-order valence-electron chi connectivity index (χ2n) is 3.52. The van der Waals surface area contributed by atoms with Crippen LogP contribution in [0, 0.1) is 0 Å². The summed E-state index contributed by atoms with van der Waals surface area (Å²) in [6.45, 7) is 2.80. The number of nitrogens with one attached hydrogen (secondary N) is 2. The van der Waals surface area contributed by atoms with Gasteiger partial charge in [-0.1, -0.05) is 23.7 Å². The summed E-state index contributed by atoms with van der Waals surface area (Å²) in [5.41, 5.74) is 0.806. The molecule has 0 unspecified atom stereocenters. The minimum Gasteiger partial charge on any atom is -0.369 e. The molecule has 4 nitrogen and oxygen atoms in total. The number of halogens is 2. The topological polar surface area (TPSA) is 49.8 Å². The molecule has 0 fully saturated rings. The highest BCUT2D eigenvalue weighted by Gasteiger charge is 2.09. The number of aromatic nitrogens is 2. The lowest BCUT2D eigenvalue weighted by atomic mass is 10.3. The predicted octanol–water partition coefficient (Wildman–Crippen LogP) is 4.07. The highest BCUT2D eigenvalue weighted by Crippen LogP contribution is 2.31. The fourth-order valence-electron chi connectivity index (χ4n) is 1.44. The van der Waals surface area contributed by atoms with E-state index in [4.69, 9.17) is 11.6 Å². The Bertz CT molecular complexity index is 547. The van der Waals surface area contributed by atoms with Crippen LogP contribution in [0.25, 0.3) is 0 Å². The summed E-state index contributed by atoms with van der Waals surface area (Å²) in [5.74, 6) is 1.43.